The molecule has 5 nitrogen and oxygen atoms in total. The summed E-state index contributed by atoms with van der Waals surface area (Å²) in [6.45, 7) is 3.76. The van der Waals surface area contributed by atoms with Crippen LogP contribution in [0.3, 0.4) is 0 Å². The van der Waals surface area contributed by atoms with E-state index in [1.54, 1.807) is 19.2 Å². The van der Waals surface area contributed by atoms with Gasteiger partial charge in [-0.2, -0.15) is 0 Å². The van der Waals surface area contributed by atoms with Crippen LogP contribution in [0, 0.1) is 5.92 Å². The Morgan fingerprint density at radius 1 is 1.11 bits per heavy atom. The SMILES string of the molecule is CNC(=O)[C@@H](NC(=O)Nc1ccccc1)C(C)C. The smallest absolute Gasteiger partial charge is 0.319 e. The molecule has 0 spiro atoms. The molecule has 0 aromatic heterocycles. The first kappa shape index (κ1) is 14.0. The van der Waals surface area contributed by atoms with E-state index in [1.165, 1.54) is 0 Å². The van der Waals surface area contributed by atoms with Crippen molar-refractivity contribution in [2.24, 2.45) is 5.92 Å². The fraction of sp³-hybridized carbons (Fsp3) is 0.385. The van der Waals surface area contributed by atoms with Gasteiger partial charge in [-0.1, -0.05) is 32.0 Å². The van der Waals surface area contributed by atoms with Gasteiger partial charge in [0.05, 0.1) is 0 Å². The number of hydrogen-bond acceptors (Lipinski definition) is 2. The second kappa shape index (κ2) is 6.64. The fourth-order valence-electron chi connectivity index (χ4n) is 1.52. The molecule has 0 radical (unpaired) electrons. The summed E-state index contributed by atoms with van der Waals surface area (Å²) >= 11 is 0. The molecule has 0 saturated carbocycles. The van der Waals surface area contributed by atoms with E-state index >= 15 is 0 Å². The van der Waals surface area contributed by atoms with E-state index in [2.05, 4.69) is 16.0 Å². The van der Waals surface area contributed by atoms with Crippen LogP contribution >= 0.6 is 0 Å². The molecule has 1 atom stereocenters. The quantitative estimate of drug-likeness (QED) is 0.758. The third-order valence-corrected chi connectivity index (χ3v) is 2.51. The molecule has 0 aliphatic heterocycles. The Morgan fingerprint density at radius 2 is 1.72 bits per heavy atom. The highest BCUT2D eigenvalue weighted by molar-refractivity contribution is 5.93. The van der Waals surface area contributed by atoms with Gasteiger partial charge in [0.2, 0.25) is 5.91 Å². The zero-order chi connectivity index (χ0) is 13.5. The second-order valence-corrected chi connectivity index (χ2v) is 4.30. The number of likely N-dealkylation sites (N-methyl/N-ethyl adjacent to an activating group) is 1. The molecule has 0 fully saturated rings. The number of hydrogen-bond donors (Lipinski definition) is 3. The predicted molar refractivity (Wildman–Crippen MR) is 71.3 cm³/mol. The van der Waals surface area contributed by atoms with Gasteiger partial charge in [0.15, 0.2) is 0 Å². The Labute approximate surface area is 107 Å². The fourth-order valence-corrected chi connectivity index (χ4v) is 1.52. The Bertz CT molecular complexity index is 404. The summed E-state index contributed by atoms with van der Waals surface area (Å²) < 4.78 is 0. The van der Waals surface area contributed by atoms with Crippen molar-refractivity contribution in [2.45, 2.75) is 19.9 Å². The lowest BCUT2D eigenvalue weighted by molar-refractivity contribution is -0.123. The third kappa shape index (κ3) is 4.08. The van der Waals surface area contributed by atoms with Crippen LogP contribution in [0.2, 0.25) is 0 Å². The number of carbonyl (C=O) groups excluding carboxylic acids is 2. The molecular weight excluding hydrogens is 230 g/mol. The van der Waals surface area contributed by atoms with E-state index in [0.717, 1.165) is 0 Å². The van der Waals surface area contributed by atoms with Gasteiger partial charge < -0.3 is 16.0 Å². The molecule has 1 aromatic carbocycles. The van der Waals surface area contributed by atoms with Gasteiger partial charge in [-0.3, -0.25) is 4.79 Å². The topological polar surface area (TPSA) is 70.2 Å². The molecular formula is C13H19N3O2. The molecule has 5 heteroatoms. The van der Waals surface area contributed by atoms with Gasteiger partial charge in [-0.15, -0.1) is 0 Å². The van der Waals surface area contributed by atoms with Crippen molar-refractivity contribution in [3.05, 3.63) is 30.3 Å². The average molecular weight is 249 g/mol. The predicted octanol–water partition coefficient (Wildman–Crippen LogP) is 1.58. The van der Waals surface area contributed by atoms with Crippen molar-refractivity contribution in [3.63, 3.8) is 0 Å². The van der Waals surface area contributed by atoms with Gasteiger partial charge in [0, 0.05) is 12.7 Å². The second-order valence-electron chi connectivity index (χ2n) is 4.30. The summed E-state index contributed by atoms with van der Waals surface area (Å²) in [4.78, 5) is 23.3. The van der Waals surface area contributed by atoms with Gasteiger partial charge in [0.1, 0.15) is 6.04 Å². The monoisotopic (exact) mass is 249 g/mol. The molecule has 1 rings (SSSR count). The first-order chi connectivity index (χ1) is 8.54. The van der Waals surface area contributed by atoms with Crippen LogP contribution in [0.4, 0.5) is 10.5 Å². The van der Waals surface area contributed by atoms with Crippen LogP contribution in [-0.2, 0) is 4.79 Å². The van der Waals surface area contributed by atoms with Crippen LogP contribution in [0.15, 0.2) is 30.3 Å². The molecule has 3 amide bonds. The Balaban J connectivity index is 2.60. The summed E-state index contributed by atoms with van der Waals surface area (Å²) in [6.07, 6.45) is 0. The standard InChI is InChI=1S/C13H19N3O2/c1-9(2)11(12(17)14-3)16-13(18)15-10-7-5-4-6-8-10/h4-9,11H,1-3H3,(H,14,17)(H2,15,16,18)/t11-/m0/s1. The van der Waals surface area contributed by atoms with Gasteiger partial charge in [-0.25, -0.2) is 4.79 Å². The lowest BCUT2D eigenvalue weighted by Crippen LogP contribution is -2.50. The van der Waals surface area contributed by atoms with Crippen molar-refractivity contribution in [1.29, 1.82) is 0 Å². The van der Waals surface area contributed by atoms with Crippen LogP contribution < -0.4 is 16.0 Å². The van der Waals surface area contributed by atoms with E-state index < -0.39 is 6.04 Å². The lowest BCUT2D eigenvalue weighted by Gasteiger charge is -2.20. The Hall–Kier alpha value is -2.04. The molecule has 0 heterocycles. The molecule has 1 aromatic rings. The molecule has 0 saturated heterocycles. The van der Waals surface area contributed by atoms with E-state index in [1.807, 2.05) is 32.0 Å². The third-order valence-electron chi connectivity index (χ3n) is 2.51. The molecule has 0 unspecified atom stereocenters. The largest absolute Gasteiger partial charge is 0.357 e. The summed E-state index contributed by atoms with van der Waals surface area (Å²) in [5, 5.41) is 7.86. The highest BCUT2D eigenvalue weighted by Gasteiger charge is 2.22. The Morgan fingerprint density at radius 3 is 2.22 bits per heavy atom. The van der Waals surface area contributed by atoms with E-state index in [4.69, 9.17) is 0 Å². The maximum absolute atomic E-state index is 11.7. The van der Waals surface area contributed by atoms with Crippen LogP contribution in [0.25, 0.3) is 0 Å². The van der Waals surface area contributed by atoms with Crippen molar-refractivity contribution in [1.82, 2.24) is 10.6 Å². The average Bonchev–Trinajstić information content (AvgIpc) is 2.36. The number of carbonyl (C=O) groups is 2. The van der Waals surface area contributed by atoms with Crippen LogP contribution in [-0.4, -0.2) is 25.0 Å². The van der Waals surface area contributed by atoms with Crippen molar-refractivity contribution in [2.75, 3.05) is 12.4 Å². The van der Waals surface area contributed by atoms with Gasteiger partial charge in [0.25, 0.3) is 0 Å². The number of para-hydroxylation sites is 1. The summed E-state index contributed by atoms with van der Waals surface area (Å²) in [6, 6.07) is 8.16. The zero-order valence-electron chi connectivity index (χ0n) is 10.9. The molecule has 0 aliphatic carbocycles. The first-order valence-electron chi connectivity index (χ1n) is 5.88. The minimum Gasteiger partial charge on any atom is -0.357 e. The number of anilines is 1. The summed E-state index contributed by atoms with van der Waals surface area (Å²) in [5.74, 6) is -0.181. The lowest BCUT2D eigenvalue weighted by atomic mass is 10.0. The molecule has 18 heavy (non-hydrogen) atoms. The summed E-state index contributed by atoms with van der Waals surface area (Å²) in [7, 11) is 1.55. The normalized spacial score (nSPS) is 11.8. The zero-order valence-corrected chi connectivity index (χ0v) is 10.9. The van der Waals surface area contributed by atoms with E-state index in [-0.39, 0.29) is 17.9 Å². The maximum Gasteiger partial charge on any atom is 0.319 e. The Kier molecular flexibility index (Phi) is 5.17. The number of urea groups is 1. The highest BCUT2D eigenvalue weighted by atomic mass is 16.2. The molecule has 0 bridgehead atoms. The van der Waals surface area contributed by atoms with Crippen molar-refractivity contribution in [3.8, 4) is 0 Å². The molecule has 98 valence electrons. The first-order valence-corrected chi connectivity index (χ1v) is 5.88. The number of benzene rings is 1. The minimum atomic E-state index is -0.543. The van der Waals surface area contributed by atoms with Crippen LogP contribution in [0.1, 0.15) is 13.8 Å². The highest BCUT2D eigenvalue weighted by Crippen LogP contribution is 2.06. The maximum atomic E-state index is 11.7. The van der Waals surface area contributed by atoms with Crippen LogP contribution in [0.5, 0.6) is 0 Å². The molecule has 3 N–H and O–H groups in total. The van der Waals surface area contributed by atoms with Crippen molar-refractivity contribution >= 4 is 17.6 Å². The van der Waals surface area contributed by atoms with E-state index in [9.17, 15) is 9.59 Å². The number of amides is 3. The number of rotatable bonds is 4. The number of nitrogens with one attached hydrogen (secondary N) is 3. The van der Waals surface area contributed by atoms with Crippen molar-refractivity contribution < 1.29 is 9.59 Å². The summed E-state index contributed by atoms with van der Waals surface area (Å²) in [5.41, 5.74) is 0.689. The van der Waals surface area contributed by atoms with E-state index in [0.29, 0.717) is 5.69 Å². The van der Waals surface area contributed by atoms with Gasteiger partial charge >= 0.3 is 6.03 Å². The molecule has 0 aliphatic rings. The van der Waals surface area contributed by atoms with Gasteiger partial charge in [-0.05, 0) is 18.1 Å². The minimum absolute atomic E-state index is 0.0199.